The molecule has 1 saturated heterocycles. The first-order chi connectivity index (χ1) is 11.9. The van der Waals surface area contributed by atoms with Crippen molar-refractivity contribution in [1.82, 2.24) is 4.90 Å². The number of rotatable bonds is 4. The van der Waals surface area contributed by atoms with Crippen LogP contribution in [0, 0.1) is 5.92 Å². The van der Waals surface area contributed by atoms with Crippen LogP contribution in [0.3, 0.4) is 0 Å². The molecule has 6 heteroatoms. The number of methoxy groups -OCH3 is 1. The Labute approximate surface area is 147 Å². The summed E-state index contributed by atoms with van der Waals surface area (Å²) in [5, 5.41) is 2.71. The van der Waals surface area contributed by atoms with Gasteiger partial charge in [0, 0.05) is 30.4 Å². The molecule has 1 aliphatic heterocycles. The van der Waals surface area contributed by atoms with Gasteiger partial charge in [0.2, 0.25) is 5.91 Å². The highest BCUT2D eigenvalue weighted by atomic mass is 16.5. The summed E-state index contributed by atoms with van der Waals surface area (Å²) in [5.41, 5.74) is 1.30. The summed E-state index contributed by atoms with van der Waals surface area (Å²) in [6, 6.07) is 6.37. The van der Waals surface area contributed by atoms with Gasteiger partial charge >= 0.3 is 5.97 Å². The Hall–Kier alpha value is -2.63. The Bertz CT molecular complexity index is 671. The first-order valence-corrected chi connectivity index (χ1v) is 8.37. The van der Waals surface area contributed by atoms with E-state index in [1.165, 1.54) is 13.2 Å². The topological polar surface area (TPSA) is 75.7 Å². The minimum Gasteiger partial charge on any atom is -0.465 e. The molecule has 6 nitrogen and oxygen atoms in total. The molecule has 134 valence electrons. The number of ether oxygens (including phenoxy) is 1. The van der Waals surface area contributed by atoms with Gasteiger partial charge in [0.05, 0.1) is 12.7 Å². The van der Waals surface area contributed by atoms with E-state index in [1.807, 2.05) is 0 Å². The molecule has 0 bridgehead atoms. The number of hydrogen-bond acceptors (Lipinski definition) is 4. The van der Waals surface area contributed by atoms with Crippen molar-refractivity contribution >= 4 is 23.5 Å². The third-order valence-corrected chi connectivity index (χ3v) is 4.36. The van der Waals surface area contributed by atoms with Gasteiger partial charge in [-0.25, -0.2) is 4.79 Å². The fourth-order valence-electron chi connectivity index (χ4n) is 2.61. The van der Waals surface area contributed by atoms with Crippen LogP contribution in [0.25, 0.3) is 0 Å². The molecule has 1 N–H and O–H groups in total. The molecule has 1 aromatic carbocycles. The van der Waals surface area contributed by atoms with Gasteiger partial charge in [-0.3, -0.25) is 9.59 Å². The van der Waals surface area contributed by atoms with E-state index in [9.17, 15) is 14.4 Å². The van der Waals surface area contributed by atoms with Crippen LogP contribution in [-0.2, 0) is 14.3 Å². The lowest BCUT2D eigenvalue weighted by Crippen LogP contribution is -2.37. The van der Waals surface area contributed by atoms with Gasteiger partial charge in [-0.2, -0.15) is 0 Å². The molecule has 0 atom stereocenters. The first-order valence-electron chi connectivity index (χ1n) is 8.37. The molecule has 1 aliphatic rings. The average molecular weight is 344 g/mol. The van der Waals surface area contributed by atoms with E-state index in [-0.39, 0.29) is 11.8 Å². The maximum Gasteiger partial charge on any atom is 0.337 e. The Balaban J connectivity index is 1.95. The minimum atomic E-state index is -0.435. The van der Waals surface area contributed by atoms with Gasteiger partial charge in [0.15, 0.2) is 0 Å². The molecule has 2 rings (SSSR count). The van der Waals surface area contributed by atoms with Crippen molar-refractivity contribution in [3.63, 3.8) is 0 Å². The van der Waals surface area contributed by atoms with Crippen molar-refractivity contribution in [2.24, 2.45) is 5.92 Å². The summed E-state index contributed by atoms with van der Waals surface area (Å²) in [5.74, 6) is -0.258. The van der Waals surface area contributed by atoms with Crippen molar-refractivity contribution in [3.05, 3.63) is 41.5 Å². The van der Waals surface area contributed by atoms with Crippen LogP contribution >= 0.6 is 0 Å². The smallest absolute Gasteiger partial charge is 0.337 e. The van der Waals surface area contributed by atoms with Crippen LogP contribution in [0.2, 0.25) is 0 Å². The third kappa shape index (κ3) is 5.17. The van der Waals surface area contributed by atoms with E-state index in [2.05, 4.69) is 17.0 Å². The van der Waals surface area contributed by atoms with E-state index in [1.54, 1.807) is 36.1 Å². The Morgan fingerprint density at radius 2 is 1.76 bits per heavy atom. The molecular weight excluding hydrogens is 320 g/mol. The van der Waals surface area contributed by atoms with Crippen LogP contribution in [0.1, 0.15) is 37.0 Å². The normalized spacial score (nSPS) is 15.6. The number of benzene rings is 1. The number of amides is 2. The lowest BCUT2D eigenvalue weighted by Gasteiger charge is -2.29. The SMILES string of the molecule is COC(=O)c1ccc(NC(=O)/C(C)=C/C(=O)N2CCC(C)CC2)cc1. The van der Waals surface area contributed by atoms with E-state index < -0.39 is 5.97 Å². The lowest BCUT2D eigenvalue weighted by molar-refractivity contribution is -0.127. The zero-order valence-corrected chi connectivity index (χ0v) is 14.9. The Kier molecular flexibility index (Phi) is 6.33. The number of piperidine rings is 1. The second kappa shape index (κ2) is 8.46. The van der Waals surface area contributed by atoms with E-state index in [0.717, 1.165) is 25.9 Å². The highest BCUT2D eigenvalue weighted by molar-refractivity contribution is 6.07. The average Bonchev–Trinajstić information content (AvgIpc) is 2.62. The zero-order chi connectivity index (χ0) is 18.4. The molecule has 1 fully saturated rings. The van der Waals surface area contributed by atoms with Gasteiger partial charge in [0.25, 0.3) is 5.91 Å². The van der Waals surface area contributed by atoms with Crippen LogP contribution in [-0.4, -0.2) is 42.9 Å². The summed E-state index contributed by atoms with van der Waals surface area (Å²) in [4.78, 5) is 37.6. The number of nitrogens with one attached hydrogen (secondary N) is 1. The zero-order valence-electron chi connectivity index (χ0n) is 14.9. The molecule has 0 spiro atoms. The van der Waals surface area contributed by atoms with Gasteiger partial charge in [-0.1, -0.05) is 6.92 Å². The molecule has 0 unspecified atom stereocenters. The first kappa shape index (κ1) is 18.7. The number of esters is 1. The Morgan fingerprint density at radius 1 is 1.16 bits per heavy atom. The lowest BCUT2D eigenvalue weighted by atomic mass is 9.99. The molecule has 25 heavy (non-hydrogen) atoms. The predicted molar refractivity (Wildman–Crippen MR) is 95.1 cm³/mol. The number of carbonyl (C=O) groups is 3. The summed E-state index contributed by atoms with van der Waals surface area (Å²) in [6.07, 6.45) is 3.38. The van der Waals surface area contributed by atoms with Crippen molar-refractivity contribution in [2.45, 2.75) is 26.7 Å². The van der Waals surface area contributed by atoms with Gasteiger partial charge in [-0.15, -0.1) is 0 Å². The summed E-state index contributed by atoms with van der Waals surface area (Å²) in [6.45, 7) is 5.27. The summed E-state index contributed by atoms with van der Waals surface area (Å²) < 4.78 is 4.63. The van der Waals surface area contributed by atoms with Gasteiger partial charge in [-0.05, 0) is 49.9 Å². The standard InChI is InChI=1S/C19H24N2O4/c1-13-8-10-21(11-9-13)17(22)12-14(2)18(23)20-16-6-4-15(5-7-16)19(24)25-3/h4-7,12-13H,8-11H2,1-3H3,(H,20,23)/b14-12+. The molecule has 0 aromatic heterocycles. The van der Waals surface area contributed by atoms with E-state index >= 15 is 0 Å². The molecule has 1 aromatic rings. The number of likely N-dealkylation sites (tertiary alicyclic amines) is 1. The Morgan fingerprint density at radius 3 is 2.32 bits per heavy atom. The van der Waals surface area contributed by atoms with Crippen LogP contribution in [0.4, 0.5) is 5.69 Å². The highest BCUT2D eigenvalue weighted by Gasteiger charge is 2.19. The van der Waals surface area contributed by atoms with Crippen molar-refractivity contribution < 1.29 is 19.1 Å². The van der Waals surface area contributed by atoms with Gasteiger partial charge in [0.1, 0.15) is 0 Å². The minimum absolute atomic E-state index is 0.124. The van der Waals surface area contributed by atoms with Crippen molar-refractivity contribution in [2.75, 3.05) is 25.5 Å². The fraction of sp³-hybridized carbons (Fsp3) is 0.421. The molecule has 0 aliphatic carbocycles. The fourth-order valence-corrected chi connectivity index (χ4v) is 2.61. The molecule has 0 saturated carbocycles. The van der Waals surface area contributed by atoms with Crippen molar-refractivity contribution in [3.8, 4) is 0 Å². The third-order valence-electron chi connectivity index (χ3n) is 4.36. The predicted octanol–water partition coefficient (Wildman–Crippen LogP) is 2.62. The number of hydrogen-bond donors (Lipinski definition) is 1. The number of nitrogens with zero attached hydrogens (tertiary/aromatic N) is 1. The molecule has 1 heterocycles. The maximum atomic E-state index is 12.2. The second-order valence-corrected chi connectivity index (χ2v) is 6.36. The van der Waals surface area contributed by atoms with Crippen molar-refractivity contribution in [1.29, 1.82) is 0 Å². The van der Waals surface area contributed by atoms with E-state index in [4.69, 9.17) is 0 Å². The molecular formula is C19H24N2O4. The van der Waals surface area contributed by atoms with Crippen LogP contribution in [0.15, 0.2) is 35.9 Å². The molecule has 2 amide bonds. The maximum absolute atomic E-state index is 12.2. The van der Waals surface area contributed by atoms with Crippen LogP contribution in [0.5, 0.6) is 0 Å². The molecule has 0 radical (unpaired) electrons. The highest BCUT2D eigenvalue weighted by Crippen LogP contribution is 2.17. The number of carbonyl (C=O) groups excluding carboxylic acids is 3. The largest absolute Gasteiger partial charge is 0.465 e. The summed E-state index contributed by atoms with van der Waals surface area (Å²) in [7, 11) is 1.31. The van der Waals surface area contributed by atoms with Crippen LogP contribution < -0.4 is 5.32 Å². The van der Waals surface area contributed by atoms with Gasteiger partial charge < -0.3 is 15.0 Å². The number of anilines is 1. The summed E-state index contributed by atoms with van der Waals surface area (Å²) >= 11 is 0. The van der Waals surface area contributed by atoms with E-state index in [0.29, 0.717) is 22.7 Å². The monoisotopic (exact) mass is 344 g/mol. The second-order valence-electron chi connectivity index (χ2n) is 6.36. The quantitative estimate of drug-likeness (QED) is 0.673.